The van der Waals surface area contributed by atoms with Crippen LogP contribution in [0.15, 0.2) is 12.1 Å². The Morgan fingerprint density at radius 3 is 1.79 bits per heavy atom. The summed E-state index contributed by atoms with van der Waals surface area (Å²) in [6.07, 6.45) is 2.61. The highest BCUT2D eigenvalue weighted by molar-refractivity contribution is 5.43. The second-order valence-electron chi connectivity index (χ2n) is 5.07. The quantitative estimate of drug-likeness (QED) is 0.630. The van der Waals surface area contributed by atoms with Gasteiger partial charge in [-0.1, -0.05) is 26.0 Å². The molecule has 0 N–H and O–H groups in total. The first-order valence-corrected chi connectivity index (χ1v) is 5.67. The molecule has 0 unspecified atom stereocenters. The van der Waals surface area contributed by atoms with Crippen molar-refractivity contribution in [3.63, 3.8) is 0 Å². The topological polar surface area (TPSA) is 0 Å². The van der Waals surface area contributed by atoms with Crippen LogP contribution in [-0.4, -0.2) is 0 Å². The summed E-state index contributed by atoms with van der Waals surface area (Å²) in [5.74, 6) is 1.70. The minimum absolute atomic E-state index is 0.821. The molecule has 0 amide bonds. The van der Waals surface area contributed by atoms with E-state index in [-0.39, 0.29) is 0 Å². The number of benzene rings is 1. The predicted molar refractivity (Wildman–Crippen MR) is 61.7 cm³/mol. The van der Waals surface area contributed by atoms with E-state index in [1.807, 2.05) is 0 Å². The van der Waals surface area contributed by atoms with E-state index in [4.69, 9.17) is 0 Å². The zero-order valence-electron chi connectivity index (χ0n) is 9.72. The zero-order chi connectivity index (χ0) is 10.3. The van der Waals surface area contributed by atoms with Gasteiger partial charge in [-0.2, -0.15) is 0 Å². The second kappa shape index (κ2) is 3.42. The molecule has 0 saturated heterocycles. The Balaban J connectivity index is 2.38. The highest BCUT2D eigenvalue weighted by atomic mass is 14.3. The summed E-state index contributed by atoms with van der Waals surface area (Å²) < 4.78 is 0. The number of rotatable bonds is 1. The number of hydrogen-bond donors (Lipinski definition) is 0. The fourth-order valence-electron chi connectivity index (χ4n) is 2.56. The van der Waals surface area contributed by atoms with E-state index in [1.54, 1.807) is 11.1 Å². The molecule has 2 rings (SSSR count). The van der Waals surface area contributed by atoms with Crippen LogP contribution in [0.1, 0.15) is 36.1 Å². The minimum atomic E-state index is 0.821. The summed E-state index contributed by atoms with van der Waals surface area (Å²) in [5.41, 5.74) is 6.27. The van der Waals surface area contributed by atoms with Gasteiger partial charge in [-0.05, 0) is 60.8 Å². The Morgan fingerprint density at radius 1 is 1.00 bits per heavy atom. The maximum Gasteiger partial charge on any atom is -0.0239 e. The molecule has 0 atom stereocenters. The first kappa shape index (κ1) is 9.76. The number of fused-ring (bicyclic) bond motifs is 1. The highest BCUT2D eigenvalue weighted by Gasteiger charge is 2.25. The maximum absolute atomic E-state index is 2.35. The van der Waals surface area contributed by atoms with Crippen molar-refractivity contribution in [2.45, 2.75) is 40.5 Å². The summed E-state index contributed by atoms with van der Waals surface area (Å²) in [6.45, 7) is 9.20. The Hall–Kier alpha value is -0.780. The van der Waals surface area contributed by atoms with E-state index in [1.165, 1.54) is 24.0 Å². The minimum Gasteiger partial charge on any atom is -0.0625 e. The lowest BCUT2D eigenvalue weighted by Gasteiger charge is -2.12. The molecular formula is C14H20. The SMILES string of the molecule is Cc1ccc(C)c2c1CC(C(C)C)C2. The van der Waals surface area contributed by atoms with Gasteiger partial charge in [-0.3, -0.25) is 0 Å². The van der Waals surface area contributed by atoms with Crippen molar-refractivity contribution in [3.8, 4) is 0 Å². The van der Waals surface area contributed by atoms with Gasteiger partial charge in [0.05, 0.1) is 0 Å². The van der Waals surface area contributed by atoms with Gasteiger partial charge in [0, 0.05) is 0 Å². The molecule has 0 heterocycles. The van der Waals surface area contributed by atoms with Crippen molar-refractivity contribution in [2.75, 3.05) is 0 Å². The number of aryl methyl sites for hydroxylation is 2. The molecule has 0 bridgehead atoms. The summed E-state index contributed by atoms with van der Waals surface area (Å²) in [7, 11) is 0. The van der Waals surface area contributed by atoms with Gasteiger partial charge in [0.2, 0.25) is 0 Å². The summed E-state index contributed by atoms with van der Waals surface area (Å²) in [5, 5.41) is 0. The van der Waals surface area contributed by atoms with Crippen LogP contribution >= 0.6 is 0 Å². The van der Waals surface area contributed by atoms with Crippen molar-refractivity contribution in [1.29, 1.82) is 0 Å². The molecule has 14 heavy (non-hydrogen) atoms. The molecular weight excluding hydrogens is 168 g/mol. The standard InChI is InChI=1S/C14H20/c1-9(2)12-7-13-10(3)5-6-11(4)14(13)8-12/h5-6,9,12H,7-8H2,1-4H3. The van der Waals surface area contributed by atoms with E-state index in [0.29, 0.717) is 0 Å². The third kappa shape index (κ3) is 1.47. The molecule has 0 nitrogen and oxygen atoms in total. The third-order valence-electron chi connectivity index (χ3n) is 3.78. The van der Waals surface area contributed by atoms with Crippen LogP contribution in [-0.2, 0) is 12.8 Å². The summed E-state index contributed by atoms with van der Waals surface area (Å²) >= 11 is 0. The van der Waals surface area contributed by atoms with Crippen LogP contribution in [0.4, 0.5) is 0 Å². The number of hydrogen-bond acceptors (Lipinski definition) is 0. The van der Waals surface area contributed by atoms with Crippen LogP contribution in [0.25, 0.3) is 0 Å². The van der Waals surface area contributed by atoms with Gasteiger partial charge in [0.15, 0.2) is 0 Å². The van der Waals surface area contributed by atoms with Crippen LogP contribution in [0.5, 0.6) is 0 Å². The van der Waals surface area contributed by atoms with E-state index in [2.05, 4.69) is 39.8 Å². The lowest BCUT2D eigenvalue weighted by atomic mass is 9.93. The molecule has 1 aliphatic rings. The Kier molecular flexibility index (Phi) is 2.38. The van der Waals surface area contributed by atoms with Crippen LogP contribution in [0, 0.1) is 25.7 Å². The molecule has 0 saturated carbocycles. The average molecular weight is 188 g/mol. The molecule has 0 aromatic heterocycles. The maximum atomic E-state index is 2.35. The van der Waals surface area contributed by atoms with Crippen molar-refractivity contribution < 1.29 is 0 Å². The van der Waals surface area contributed by atoms with Gasteiger partial charge in [-0.25, -0.2) is 0 Å². The fourth-order valence-corrected chi connectivity index (χ4v) is 2.56. The van der Waals surface area contributed by atoms with E-state index in [9.17, 15) is 0 Å². The molecule has 0 spiro atoms. The molecule has 0 heteroatoms. The molecule has 0 aliphatic heterocycles. The van der Waals surface area contributed by atoms with Crippen LogP contribution < -0.4 is 0 Å². The summed E-state index contributed by atoms with van der Waals surface area (Å²) in [6, 6.07) is 4.55. The smallest absolute Gasteiger partial charge is 0.0239 e. The van der Waals surface area contributed by atoms with Gasteiger partial charge in [0.25, 0.3) is 0 Å². The average Bonchev–Trinajstić information content (AvgIpc) is 2.57. The summed E-state index contributed by atoms with van der Waals surface area (Å²) in [4.78, 5) is 0. The van der Waals surface area contributed by atoms with Gasteiger partial charge < -0.3 is 0 Å². The van der Waals surface area contributed by atoms with Crippen LogP contribution in [0.2, 0.25) is 0 Å². The van der Waals surface area contributed by atoms with Gasteiger partial charge in [0.1, 0.15) is 0 Å². The Labute approximate surface area is 87.3 Å². The Morgan fingerprint density at radius 2 is 1.43 bits per heavy atom. The molecule has 1 aliphatic carbocycles. The first-order valence-electron chi connectivity index (χ1n) is 5.67. The van der Waals surface area contributed by atoms with Crippen LogP contribution in [0.3, 0.4) is 0 Å². The van der Waals surface area contributed by atoms with E-state index in [0.717, 1.165) is 11.8 Å². The first-order chi connectivity index (χ1) is 6.59. The monoisotopic (exact) mass is 188 g/mol. The van der Waals surface area contributed by atoms with Gasteiger partial charge in [-0.15, -0.1) is 0 Å². The highest BCUT2D eigenvalue weighted by Crippen LogP contribution is 2.35. The lowest BCUT2D eigenvalue weighted by molar-refractivity contribution is 0.403. The van der Waals surface area contributed by atoms with Crippen molar-refractivity contribution in [2.24, 2.45) is 11.8 Å². The van der Waals surface area contributed by atoms with Crippen molar-refractivity contribution in [3.05, 3.63) is 34.4 Å². The molecule has 76 valence electrons. The Bertz CT molecular complexity index is 316. The second-order valence-corrected chi connectivity index (χ2v) is 5.07. The predicted octanol–water partition coefficient (Wildman–Crippen LogP) is 3.67. The molecule has 1 aromatic rings. The largest absolute Gasteiger partial charge is 0.0625 e. The van der Waals surface area contributed by atoms with Gasteiger partial charge >= 0.3 is 0 Å². The zero-order valence-corrected chi connectivity index (χ0v) is 9.72. The van der Waals surface area contributed by atoms with E-state index < -0.39 is 0 Å². The normalized spacial score (nSPS) is 16.4. The molecule has 0 radical (unpaired) electrons. The lowest BCUT2D eigenvalue weighted by Crippen LogP contribution is -2.07. The third-order valence-corrected chi connectivity index (χ3v) is 3.78. The molecule has 0 fully saturated rings. The fraction of sp³-hybridized carbons (Fsp3) is 0.571. The van der Waals surface area contributed by atoms with E-state index >= 15 is 0 Å². The molecule has 1 aromatic carbocycles. The van der Waals surface area contributed by atoms with Crippen molar-refractivity contribution in [1.82, 2.24) is 0 Å². The van der Waals surface area contributed by atoms with Crippen molar-refractivity contribution >= 4 is 0 Å².